The molecule has 1 fully saturated rings. The fourth-order valence-electron chi connectivity index (χ4n) is 3.82. The van der Waals surface area contributed by atoms with E-state index in [0.29, 0.717) is 0 Å². The summed E-state index contributed by atoms with van der Waals surface area (Å²) in [5.74, 6) is -0.692. The molecular weight excluding hydrogens is 262 g/mol. The number of piperidine rings is 1. The van der Waals surface area contributed by atoms with Crippen LogP contribution in [0, 0.1) is 26.2 Å². The summed E-state index contributed by atoms with van der Waals surface area (Å²) in [5.41, 5.74) is 4.91. The van der Waals surface area contributed by atoms with Crippen LogP contribution in [0.5, 0.6) is 0 Å². The minimum absolute atomic E-state index is 0.170. The van der Waals surface area contributed by atoms with Gasteiger partial charge in [-0.05, 0) is 62.3 Å². The third-order valence-corrected chi connectivity index (χ3v) is 4.81. The van der Waals surface area contributed by atoms with E-state index < -0.39 is 12.0 Å². The molecule has 0 amide bonds. The Morgan fingerprint density at radius 2 is 1.86 bits per heavy atom. The van der Waals surface area contributed by atoms with Crippen LogP contribution in [0.15, 0.2) is 12.1 Å². The highest BCUT2D eigenvalue weighted by atomic mass is 16.4. The Labute approximate surface area is 128 Å². The van der Waals surface area contributed by atoms with Crippen molar-refractivity contribution in [3.63, 3.8) is 0 Å². The molecule has 1 aliphatic rings. The van der Waals surface area contributed by atoms with Crippen molar-refractivity contribution in [2.75, 3.05) is 6.54 Å². The Bertz CT molecular complexity index is 525. The largest absolute Gasteiger partial charge is 0.480 e. The van der Waals surface area contributed by atoms with Gasteiger partial charge in [0, 0.05) is 6.54 Å². The van der Waals surface area contributed by atoms with Gasteiger partial charge in [-0.3, -0.25) is 9.69 Å². The first-order valence-electron chi connectivity index (χ1n) is 7.76. The molecule has 0 bridgehead atoms. The predicted octanol–water partition coefficient (Wildman–Crippen LogP) is 3.69. The number of rotatable bonds is 3. The van der Waals surface area contributed by atoms with Gasteiger partial charge in [0.05, 0.1) is 0 Å². The average Bonchev–Trinajstić information content (AvgIpc) is 2.31. The highest BCUT2D eigenvalue weighted by Gasteiger charge is 2.42. The smallest absolute Gasteiger partial charge is 0.321 e. The van der Waals surface area contributed by atoms with Crippen molar-refractivity contribution in [2.45, 2.75) is 60.0 Å². The summed E-state index contributed by atoms with van der Waals surface area (Å²) in [4.78, 5) is 13.9. The van der Waals surface area contributed by atoms with Gasteiger partial charge in [0.15, 0.2) is 0 Å². The molecule has 3 nitrogen and oxygen atoms in total. The van der Waals surface area contributed by atoms with E-state index in [-0.39, 0.29) is 5.41 Å². The lowest BCUT2D eigenvalue weighted by Gasteiger charge is -2.44. The predicted molar refractivity (Wildman–Crippen MR) is 85.5 cm³/mol. The van der Waals surface area contributed by atoms with E-state index in [1.54, 1.807) is 0 Å². The summed E-state index contributed by atoms with van der Waals surface area (Å²) in [6.45, 7) is 12.1. The van der Waals surface area contributed by atoms with E-state index in [4.69, 9.17) is 0 Å². The topological polar surface area (TPSA) is 40.5 Å². The number of carbonyl (C=O) groups is 1. The highest BCUT2D eigenvalue weighted by Crippen LogP contribution is 2.36. The second-order valence-electron chi connectivity index (χ2n) is 7.18. The molecule has 0 aromatic heterocycles. The summed E-state index contributed by atoms with van der Waals surface area (Å²) in [6, 6.07) is 3.98. The van der Waals surface area contributed by atoms with Crippen LogP contribution in [0.2, 0.25) is 0 Å². The molecule has 1 atom stereocenters. The minimum atomic E-state index is -0.692. The number of carboxylic acid groups (broad SMARTS) is 1. The van der Waals surface area contributed by atoms with E-state index in [1.165, 1.54) is 22.3 Å². The van der Waals surface area contributed by atoms with Crippen LogP contribution in [-0.4, -0.2) is 28.6 Å². The minimum Gasteiger partial charge on any atom is -0.480 e. The number of benzene rings is 1. The molecule has 1 N–H and O–H groups in total. The average molecular weight is 289 g/mol. The molecule has 1 aliphatic heterocycles. The lowest BCUT2D eigenvalue weighted by molar-refractivity contribution is -0.151. The summed E-state index contributed by atoms with van der Waals surface area (Å²) in [7, 11) is 0. The van der Waals surface area contributed by atoms with Gasteiger partial charge in [0.1, 0.15) is 6.04 Å². The van der Waals surface area contributed by atoms with Crippen molar-refractivity contribution in [3.8, 4) is 0 Å². The number of carboxylic acids is 1. The van der Waals surface area contributed by atoms with Crippen LogP contribution in [0.4, 0.5) is 0 Å². The van der Waals surface area contributed by atoms with Crippen molar-refractivity contribution in [2.24, 2.45) is 5.41 Å². The monoisotopic (exact) mass is 289 g/mol. The molecule has 0 aliphatic carbocycles. The van der Waals surface area contributed by atoms with E-state index in [1.807, 2.05) is 0 Å². The Morgan fingerprint density at radius 1 is 1.29 bits per heavy atom. The highest BCUT2D eigenvalue weighted by molar-refractivity contribution is 5.74. The van der Waals surface area contributed by atoms with E-state index in [9.17, 15) is 9.90 Å². The van der Waals surface area contributed by atoms with Gasteiger partial charge in [-0.1, -0.05) is 31.5 Å². The molecule has 21 heavy (non-hydrogen) atoms. The van der Waals surface area contributed by atoms with Gasteiger partial charge in [0.2, 0.25) is 0 Å². The number of nitrogens with zero attached hydrogens (tertiary/aromatic N) is 1. The van der Waals surface area contributed by atoms with Crippen molar-refractivity contribution in [1.82, 2.24) is 4.90 Å². The lowest BCUT2D eigenvalue weighted by atomic mass is 9.76. The quantitative estimate of drug-likeness (QED) is 0.922. The zero-order chi connectivity index (χ0) is 15.8. The first kappa shape index (κ1) is 16.0. The molecule has 3 heteroatoms. The maximum absolute atomic E-state index is 11.8. The van der Waals surface area contributed by atoms with Crippen LogP contribution in [0.3, 0.4) is 0 Å². The van der Waals surface area contributed by atoms with Gasteiger partial charge >= 0.3 is 5.97 Å². The maximum Gasteiger partial charge on any atom is 0.321 e. The van der Waals surface area contributed by atoms with E-state index in [2.05, 4.69) is 51.7 Å². The number of hydrogen-bond acceptors (Lipinski definition) is 2. The Kier molecular flexibility index (Phi) is 4.43. The number of likely N-dealkylation sites (tertiary alicyclic amines) is 1. The van der Waals surface area contributed by atoms with Crippen LogP contribution >= 0.6 is 0 Å². The Hall–Kier alpha value is -1.35. The van der Waals surface area contributed by atoms with Crippen molar-refractivity contribution in [3.05, 3.63) is 34.4 Å². The Morgan fingerprint density at radius 3 is 2.38 bits per heavy atom. The maximum atomic E-state index is 11.8. The van der Waals surface area contributed by atoms with Crippen LogP contribution in [0.1, 0.15) is 48.9 Å². The third-order valence-electron chi connectivity index (χ3n) is 4.81. The molecule has 1 saturated heterocycles. The number of hydrogen-bond donors (Lipinski definition) is 1. The number of aliphatic carboxylic acids is 1. The van der Waals surface area contributed by atoms with Gasteiger partial charge in [-0.15, -0.1) is 0 Å². The second-order valence-corrected chi connectivity index (χ2v) is 7.18. The molecule has 1 aromatic rings. The fraction of sp³-hybridized carbons (Fsp3) is 0.611. The summed E-state index contributed by atoms with van der Waals surface area (Å²) in [6.07, 6.45) is 2.05. The first-order valence-corrected chi connectivity index (χ1v) is 7.76. The van der Waals surface area contributed by atoms with Gasteiger partial charge in [-0.25, -0.2) is 0 Å². The summed E-state index contributed by atoms with van der Waals surface area (Å²) in [5, 5.41) is 9.66. The van der Waals surface area contributed by atoms with Crippen LogP contribution < -0.4 is 0 Å². The fourth-order valence-corrected chi connectivity index (χ4v) is 3.82. The van der Waals surface area contributed by atoms with Gasteiger partial charge in [-0.2, -0.15) is 0 Å². The zero-order valence-electron chi connectivity index (χ0n) is 13.9. The molecule has 0 spiro atoms. The van der Waals surface area contributed by atoms with Gasteiger partial charge < -0.3 is 5.11 Å². The summed E-state index contributed by atoms with van der Waals surface area (Å²) < 4.78 is 0. The lowest BCUT2D eigenvalue weighted by Crippen LogP contribution is -2.53. The van der Waals surface area contributed by atoms with Crippen LogP contribution in [0.25, 0.3) is 0 Å². The molecule has 1 unspecified atom stereocenters. The molecule has 1 aromatic carbocycles. The Balaban J connectivity index is 2.31. The SMILES string of the molecule is Cc1cc(C)c(CN2CCCC(C)(C)C2C(=O)O)c(C)c1. The molecule has 1 heterocycles. The van der Waals surface area contributed by atoms with Crippen LogP contribution in [-0.2, 0) is 11.3 Å². The molecule has 2 rings (SSSR count). The van der Waals surface area contributed by atoms with E-state index in [0.717, 1.165) is 25.9 Å². The molecular formula is C18H27NO2. The van der Waals surface area contributed by atoms with E-state index >= 15 is 0 Å². The molecule has 116 valence electrons. The normalized spacial score (nSPS) is 22.2. The van der Waals surface area contributed by atoms with Crippen molar-refractivity contribution in [1.29, 1.82) is 0 Å². The molecule has 0 radical (unpaired) electrons. The standard InChI is InChI=1S/C18H27NO2/c1-12-9-13(2)15(14(3)10-12)11-19-8-6-7-18(4,5)16(19)17(20)21/h9-10,16H,6-8,11H2,1-5H3,(H,20,21). The second kappa shape index (κ2) is 5.80. The summed E-state index contributed by atoms with van der Waals surface area (Å²) >= 11 is 0. The zero-order valence-corrected chi connectivity index (χ0v) is 13.9. The first-order chi connectivity index (χ1) is 9.72. The molecule has 0 saturated carbocycles. The third kappa shape index (κ3) is 3.29. The number of aryl methyl sites for hydroxylation is 3. The van der Waals surface area contributed by atoms with Crippen molar-refractivity contribution >= 4 is 5.97 Å². The van der Waals surface area contributed by atoms with Crippen molar-refractivity contribution < 1.29 is 9.90 Å². The van der Waals surface area contributed by atoms with Gasteiger partial charge in [0.25, 0.3) is 0 Å².